The molecule has 0 aliphatic carbocycles. The predicted octanol–water partition coefficient (Wildman–Crippen LogP) is 2.69. The van der Waals surface area contributed by atoms with Gasteiger partial charge in [0, 0.05) is 43.0 Å². The molecule has 0 radical (unpaired) electrons. The maximum atomic E-state index is 11.8. The first-order valence-corrected chi connectivity index (χ1v) is 8.94. The summed E-state index contributed by atoms with van der Waals surface area (Å²) < 4.78 is 1.82. The second-order valence-electron chi connectivity index (χ2n) is 5.58. The van der Waals surface area contributed by atoms with Gasteiger partial charge in [-0.1, -0.05) is 6.07 Å². The molecule has 2 aromatic heterocycles. The van der Waals surface area contributed by atoms with Crippen LogP contribution in [0.2, 0.25) is 0 Å². The number of aryl methyl sites for hydroxylation is 2. The van der Waals surface area contributed by atoms with E-state index in [4.69, 9.17) is 0 Å². The van der Waals surface area contributed by atoms with Crippen molar-refractivity contribution >= 4 is 41.3 Å². The highest BCUT2D eigenvalue weighted by molar-refractivity contribution is 14.0. The fourth-order valence-electron chi connectivity index (χ4n) is 2.37. The average molecular weight is 475 g/mol. The van der Waals surface area contributed by atoms with Crippen LogP contribution in [0, 0.1) is 13.8 Å². The van der Waals surface area contributed by atoms with Crippen LogP contribution in [0.1, 0.15) is 28.4 Å². The summed E-state index contributed by atoms with van der Waals surface area (Å²) >= 11 is 1.68. The van der Waals surface area contributed by atoms with E-state index < -0.39 is 0 Å². The zero-order valence-electron chi connectivity index (χ0n) is 14.9. The van der Waals surface area contributed by atoms with Crippen LogP contribution in [0.25, 0.3) is 0 Å². The van der Waals surface area contributed by atoms with Gasteiger partial charge in [-0.25, -0.2) is 4.98 Å². The van der Waals surface area contributed by atoms with Crippen LogP contribution < -0.4 is 16.2 Å². The lowest BCUT2D eigenvalue weighted by molar-refractivity contribution is 0.575. The molecule has 0 atom stereocenters. The highest BCUT2D eigenvalue weighted by Crippen LogP contribution is 2.10. The standard InChI is InChI=1S/C17H25N5OS.HI/c1-13-7-6-8-16(23)22(13)10-5-4-9-19-17(18-3)21-12-15-20-11-14(2)24-15;/h6-8,11H,4-5,9-10,12H2,1-3H3,(H2,18,19,21);1H. The first kappa shape index (κ1) is 21.6. The Balaban J connectivity index is 0.00000312. The van der Waals surface area contributed by atoms with E-state index in [1.165, 1.54) is 4.88 Å². The van der Waals surface area contributed by atoms with Gasteiger partial charge in [0.1, 0.15) is 5.01 Å². The maximum Gasteiger partial charge on any atom is 0.250 e. The molecule has 2 aromatic rings. The topological polar surface area (TPSA) is 71.3 Å². The molecular formula is C17H26IN5OS. The van der Waals surface area contributed by atoms with Gasteiger partial charge in [0.2, 0.25) is 0 Å². The normalized spacial score (nSPS) is 11.1. The molecule has 0 bridgehead atoms. The molecule has 0 aliphatic rings. The minimum Gasteiger partial charge on any atom is -0.356 e. The van der Waals surface area contributed by atoms with Crippen molar-refractivity contribution in [2.75, 3.05) is 13.6 Å². The molecule has 0 aromatic carbocycles. The first-order valence-electron chi connectivity index (χ1n) is 8.12. The summed E-state index contributed by atoms with van der Waals surface area (Å²) in [5, 5.41) is 7.60. The van der Waals surface area contributed by atoms with Crippen LogP contribution in [0.15, 0.2) is 34.2 Å². The van der Waals surface area contributed by atoms with E-state index in [2.05, 4.69) is 20.6 Å². The molecule has 2 heterocycles. The van der Waals surface area contributed by atoms with Crippen LogP contribution in [-0.4, -0.2) is 29.1 Å². The van der Waals surface area contributed by atoms with Crippen molar-refractivity contribution in [2.24, 2.45) is 4.99 Å². The molecule has 2 rings (SSSR count). The van der Waals surface area contributed by atoms with E-state index in [0.717, 1.165) is 42.6 Å². The summed E-state index contributed by atoms with van der Waals surface area (Å²) in [4.78, 5) is 21.5. The van der Waals surface area contributed by atoms with E-state index in [0.29, 0.717) is 6.54 Å². The fraction of sp³-hybridized carbons (Fsp3) is 0.471. The summed E-state index contributed by atoms with van der Waals surface area (Å²) in [5.74, 6) is 0.774. The number of nitrogens with zero attached hydrogens (tertiary/aromatic N) is 3. The quantitative estimate of drug-likeness (QED) is 0.280. The van der Waals surface area contributed by atoms with Crippen LogP contribution in [0.4, 0.5) is 0 Å². The van der Waals surface area contributed by atoms with E-state index >= 15 is 0 Å². The van der Waals surface area contributed by atoms with Crippen molar-refractivity contribution < 1.29 is 0 Å². The van der Waals surface area contributed by atoms with Gasteiger partial charge in [-0.15, -0.1) is 35.3 Å². The van der Waals surface area contributed by atoms with E-state index in [1.54, 1.807) is 30.5 Å². The Morgan fingerprint density at radius 3 is 2.72 bits per heavy atom. The van der Waals surface area contributed by atoms with Gasteiger partial charge in [-0.3, -0.25) is 9.79 Å². The maximum absolute atomic E-state index is 11.8. The van der Waals surface area contributed by atoms with Gasteiger partial charge < -0.3 is 15.2 Å². The number of rotatable bonds is 7. The van der Waals surface area contributed by atoms with Gasteiger partial charge in [0.05, 0.1) is 6.54 Å². The van der Waals surface area contributed by atoms with Crippen molar-refractivity contribution in [3.05, 3.63) is 50.3 Å². The molecule has 0 unspecified atom stereocenters. The van der Waals surface area contributed by atoms with Crippen molar-refractivity contribution in [1.29, 1.82) is 0 Å². The highest BCUT2D eigenvalue weighted by Gasteiger charge is 2.02. The molecule has 8 heteroatoms. The third-order valence-electron chi connectivity index (χ3n) is 3.67. The highest BCUT2D eigenvalue weighted by atomic mass is 127. The lowest BCUT2D eigenvalue weighted by atomic mass is 10.3. The van der Waals surface area contributed by atoms with Crippen molar-refractivity contribution in [1.82, 2.24) is 20.2 Å². The Morgan fingerprint density at radius 1 is 1.28 bits per heavy atom. The van der Waals surface area contributed by atoms with Crippen molar-refractivity contribution in [3.63, 3.8) is 0 Å². The Kier molecular flexibility index (Phi) is 9.73. The molecule has 0 fully saturated rings. The number of nitrogens with one attached hydrogen (secondary N) is 2. The summed E-state index contributed by atoms with van der Waals surface area (Å²) in [6, 6.07) is 5.37. The lowest BCUT2D eigenvalue weighted by Gasteiger charge is -2.12. The smallest absolute Gasteiger partial charge is 0.250 e. The molecule has 138 valence electrons. The largest absolute Gasteiger partial charge is 0.356 e. The molecule has 0 aliphatic heterocycles. The Morgan fingerprint density at radius 2 is 2.08 bits per heavy atom. The summed E-state index contributed by atoms with van der Waals surface area (Å²) in [6.07, 6.45) is 3.80. The number of halogens is 1. The van der Waals surface area contributed by atoms with Gasteiger partial charge in [-0.05, 0) is 32.8 Å². The van der Waals surface area contributed by atoms with Gasteiger partial charge in [0.15, 0.2) is 5.96 Å². The summed E-state index contributed by atoms with van der Waals surface area (Å²) in [5.41, 5.74) is 1.07. The second kappa shape index (κ2) is 11.2. The van der Waals surface area contributed by atoms with E-state index in [-0.39, 0.29) is 29.5 Å². The number of hydrogen-bond acceptors (Lipinski definition) is 4. The molecule has 0 amide bonds. The Bertz CT molecular complexity index is 741. The molecule has 0 spiro atoms. The summed E-state index contributed by atoms with van der Waals surface area (Å²) in [7, 11) is 1.76. The van der Waals surface area contributed by atoms with E-state index in [9.17, 15) is 4.79 Å². The van der Waals surface area contributed by atoms with Gasteiger partial charge >= 0.3 is 0 Å². The third-order valence-corrected chi connectivity index (χ3v) is 4.58. The zero-order valence-corrected chi connectivity index (χ0v) is 18.1. The van der Waals surface area contributed by atoms with Crippen LogP contribution in [0.5, 0.6) is 0 Å². The van der Waals surface area contributed by atoms with Crippen LogP contribution >= 0.6 is 35.3 Å². The number of guanidine groups is 1. The average Bonchev–Trinajstić information content (AvgIpc) is 2.98. The zero-order chi connectivity index (χ0) is 17.4. The Labute approximate surface area is 169 Å². The first-order chi connectivity index (χ1) is 11.6. The molecule has 0 saturated heterocycles. The van der Waals surface area contributed by atoms with Crippen LogP contribution in [0.3, 0.4) is 0 Å². The van der Waals surface area contributed by atoms with Crippen molar-refractivity contribution in [2.45, 2.75) is 39.8 Å². The van der Waals surface area contributed by atoms with Crippen molar-refractivity contribution in [3.8, 4) is 0 Å². The Hall–Kier alpha value is -1.42. The van der Waals surface area contributed by atoms with Crippen LogP contribution in [-0.2, 0) is 13.1 Å². The minimum atomic E-state index is 0. The monoisotopic (exact) mass is 475 g/mol. The van der Waals surface area contributed by atoms with E-state index in [1.807, 2.05) is 30.7 Å². The van der Waals surface area contributed by atoms with Gasteiger partial charge in [-0.2, -0.15) is 0 Å². The molecule has 2 N–H and O–H groups in total. The fourth-order valence-corrected chi connectivity index (χ4v) is 3.10. The molecule has 6 nitrogen and oxygen atoms in total. The SMILES string of the molecule is CN=C(NCCCCn1c(C)cccc1=O)NCc1ncc(C)s1.I. The molecule has 25 heavy (non-hydrogen) atoms. The third kappa shape index (κ3) is 7.15. The number of hydrogen-bond donors (Lipinski definition) is 2. The number of unbranched alkanes of at least 4 members (excludes halogenated alkanes) is 1. The summed E-state index contributed by atoms with van der Waals surface area (Å²) in [6.45, 7) is 6.26. The second-order valence-corrected chi connectivity index (χ2v) is 6.90. The minimum absolute atomic E-state index is 0. The number of pyridine rings is 1. The van der Waals surface area contributed by atoms with Gasteiger partial charge in [0.25, 0.3) is 5.56 Å². The number of aliphatic imine (C=N–C) groups is 1. The predicted molar refractivity (Wildman–Crippen MR) is 115 cm³/mol. The molecular weight excluding hydrogens is 449 g/mol. The molecule has 0 saturated carbocycles. The number of aromatic nitrogens is 2. The number of thiazole rings is 1. The lowest BCUT2D eigenvalue weighted by Crippen LogP contribution is -2.37.